The summed E-state index contributed by atoms with van der Waals surface area (Å²) in [6.45, 7) is 4.16. The van der Waals surface area contributed by atoms with Crippen molar-refractivity contribution in [1.29, 1.82) is 0 Å². The second-order valence-electron chi connectivity index (χ2n) is 7.62. The topological polar surface area (TPSA) is 100 Å². The Bertz CT molecular complexity index is 1050. The van der Waals surface area contributed by atoms with Gasteiger partial charge in [-0.2, -0.15) is 0 Å². The van der Waals surface area contributed by atoms with Crippen molar-refractivity contribution in [2.45, 2.75) is 19.8 Å². The molecule has 30 heavy (non-hydrogen) atoms. The molecular formula is C22H25N5O3. The van der Waals surface area contributed by atoms with Gasteiger partial charge in [-0.05, 0) is 55.0 Å². The molecule has 1 saturated heterocycles. The van der Waals surface area contributed by atoms with Crippen LogP contribution in [0.5, 0.6) is 5.88 Å². The number of ether oxygens (including phenoxy) is 1. The summed E-state index contributed by atoms with van der Waals surface area (Å²) in [5, 5.41) is 12.4. The number of carboxylic acid groups (broad SMARTS) is 1. The fourth-order valence-electron chi connectivity index (χ4n) is 4.08. The number of carbonyl (C=O) groups is 1. The zero-order valence-corrected chi connectivity index (χ0v) is 17.1. The molecule has 1 fully saturated rings. The van der Waals surface area contributed by atoms with E-state index in [4.69, 9.17) is 9.84 Å². The molecule has 2 aromatic heterocycles. The van der Waals surface area contributed by atoms with Crippen LogP contribution in [0.1, 0.15) is 18.4 Å². The van der Waals surface area contributed by atoms with Gasteiger partial charge < -0.3 is 20.1 Å². The van der Waals surface area contributed by atoms with E-state index in [0.717, 1.165) is 59.3 Å². The van der Waals surface area contributed by atoms with Crippen LogP contribution in [0, 0.1) is 12.8 Å². The zero-order valence-electron chi connectivity index (χ0n) is 17.1. The number of aromatic nitrogens is 3. The Morgan fingerprint density at radius 1 is 1.27 bits per heavy atom. The van der Waals surface area contributed by atoms with E-state index in [1.54, 1.807) is 19.6 Å². The Morgan fingerprint density at radius 2 is 2.13 bits per heavy atom. The van der Waals surface area contributed by atoms with Crippen LogP contribution >= 0.6 is 0 Å². The quantitative estimate of drug-likeness (QED) is 0.668. The maximum absolute atomic E-state index is 10.9. The second kappa shape index (κ2) is 8.52. The van der Waals surface area contributed by atoms with Gasteiger partial charge >= 0.3 is 6.09 Å². The van der Waals surface area contributed by atoms with Gasteiger partial charge in [0, 0.05) is 42.8 Å². The molecule has 4 rings (SSSR count). The van der Waals surface area contributed by atoms with Gasteiger partial charge in [0.05, 0.1) is 12.6 Å². The first-order valence-corrected chi connectivity index (χ1v) is 10.0. The Hall–Kier alpha value is -3.42. The van der Waals surface area contributed by atoms with Crippen LogP contribution < -0.4 is 15.0 Å². The lowest BCUT2D eigenvalue weighted by molar-refractivity contribution is 0.191. The normalized spacial score (nSPS) is 16.5. The summed E-state index contributed by atoms with van der Waals surface area (Å²) in [6, 6.07) is 8.06. The van der Waals surface area contributed by atoms with E-state index in [2.05, 4.69) is 44.2 Å². The number of amides is 1. The molecule has 0 spiro atoms. The van der Waals surface area contributed by atoms with Crippen LogP contribution in [-0.4, -0.2) is 52.9 Å². The van der Waals surface area contributed by atoms with E-state index in [1.165, 1.54) is 0 Å². The minimum absolute atomic E-state index is 0.259. The van der Waals surface area contributed by atoms with Crippen molar-refractivity contribution in [2.24, 2.45) is 5.92 Å². The summed E-state index contributed by atoms with van der Waals surface area (Å²) >= 11 is 0. The van der Waals surface area contributed by atoms with Crippen LogP contribution in [0.4, 0.5) is 10.6 Å². The number of hydrogen-bond acceptors (Lipinski definition) is 6. The highest BCUT2D eigenvalue weighted by Gasteiger charge is 2.23. The Labute approximate surface area is 174 Å². The predicted octanol–water partition coefficient (Wildman–Crippen LogP) is 3.49. The number of nitrogens with zero attached hydrogens (tertiary/aromatic N) is 4. The molecule has 1 atom stereocenters. The molecule has 0 aliphatic carbocycles. The number of aryl methyl sites for hydroxylation is 1. The van der Waals surface area contributed by atoms with Gasteiger partial charge in [0.2, 0.25) is 5.88 Å². The number of nitrogens with one attached hydrogen (secondary N) is 1. The lowest BCUT2D eigenvalue weighted by Crippen LogP contribution is -2.41. The molecule has 1 aromatic carbocycles. The SMILES string of the molecule is COc1ccc(-c2cc(C)c3ncnc(N4CCCC(CNC(=O)O)C4)c3c2)cn1. The van der Waals surface area contributed by atoms with Gasteiger partial charge in [-0.25, -0.2) is 19.7 Å². The average Bonchev–Trinajstić information content (AvgIpc) is 2.77. The van der Waals surface area contributed by atoms with E-state index < -0.39 is 6.09 Å². The number of fused-ring (bicyclic) bond motifs is 1. The van der Waals surface area contributed by atoms with E-state index >= 15 is 0 Å². The molecule has 0 radical (unpaired) electrons. The van der Waals surface area contributed by atoms with Crippen LogP contribution in [0.25, 0.3) is 22.0 Å². The Balaban J connectivity index is 1.69. The van der Waals surface area contributed by atoms with Crippen LogP contribution in [0.3, 0.4) is 0 Å². The third-order valence-corrected chi connectivity index (χ3v) is 5.55. The fraction of sp³-hybridized carbons (Fsp3) is 0.364. The monoisotopic (exact) mass is 407 g/mol. The Morgan fingerprint density at radius 3 is 2.87 bits per heavy atom. The van der Waals surface area contributed by atoms with E-state index in [1.807, 2.05) is 12.1 Å². The van der Waals surface area contributed by atoms with E-state index in [0.29, 0.717) is 12.4 Å². The van der Waals surface area contributed by atoms with Crippen molar-refractivity contribution in [2.75, 3.05) is 31.6 Å². The van der Waals surface area contributed by atoms with Crippen molar-refractivity contribution < 1.29 is 14.6 Å². The summed E-state index contributed by atoms with van der Waals surface area (Å²) in [5.41, 5.74) is 4.05. The molecule has 1 aliphatic heterocycles. The summed E-state index contributed by atoms with van der Waals surface area (Å²) in [7, 11) is 1.60. The second-order valence-corrected chi connectivity index (χ2v) is 7.62. The molecule has 3 heterocycles. The lowest BCUT2D eigenvalue weighted by Gasteiger charge is -2.34. The number of methoxy groups -OCH3 is 1. The lowest BCUT2D eigenvalue weighted by atomic mass is 9.97. The van der Waals surface area contributed by atoms with Gasteiger partial charge in [-0.1, -0.05) is 0 Å². The number of hydrogen-bond donors (Lipinski definition) is 2. The number of benzene rings is 1. The van der Waals surface area contributed by atoms with Gasteiger partial charge in [0.1, 0.15) is 12.1 Å². The van der Waals surface area contributed by atoms with E-state index in [-0.39, 0.29) is 5.92 Å². The number of pyridine rings is 1. The third-order valence-electron chi connectivity index (χ3n) is 5.55. The third kappa shape index (κ3) is 4.12. The molecule has 8 nitrogen and oxygen atoms in total. The maximum Gasteiger partial charge on any atom is 0.404 e. The first-order valence-electron chi connectivity index (χ1n) is 10.0. The summed E-state index contributed by atoms with van der Waals surface area (Å²) in [4.78, 5) is 26.5. The number of piperidine rings is 1. The fourth-order valence-corrected chi connectivity index (χ4v) is 4.08. The molecule has 0 bridgehead atoms. The molecule has 1 aliphatic rings. The average molecular weight is 407 g/mol. The van der Waals surface area contributed by atoms with Gasteiger partial charge in [-0.3, -0.25) is 0 Å². The van der Waals surface area contributed by atoms with E-state index in [9.17, 15) is 4.79 Å². The van der Waals surface area contributed by atoms with Crippen molar-refractivity contribution in [3.05, 3.63) is 42.4 Å². The minimum atomic E-state index is -0.979. The molecule has 1 amide bonds. The summed E-state index contributed by atoms with van der Waals surface area (Å²) in [5.74, 6) is 1.73. The molecule has 1 unspecified atom stereocenters. The smallest absolute Gasteiger partial charge is 0.404 e. The van der Waals surface area contributed by atoms with Crippen LogP contribution in [-0.2, 0) is 0 Å². The maximum atomic E-state index is 10.9. The number of anilines is 1. The molecule has 3 aromatic rings. The highest BCUT2D eigenvalue weighted by molar-refractivity contribution is 5.95. The number of rotatable bonds is 5. The molecule has 8 heteroatoms. The Kier molecular flexibility index (Phi) is 5.65. The molecule has 156 valence electrons. The molecule has 2 N–H and O–H groups in total. The molecular weight excluding hydrogens is 382 g/mol. The molecule has 0 saturated carbocycles. The van der Waals surface area contributed by atoms with Crippen molar-refractivity contribution in [1.82, 2.24) is 20.3 Å². The minimum Gasteiger partial charge on any atom is -0.481 e. The first kappa shape index (κ1) is 19.9. The van der Waals surface area contributed by atoms with Crippen molar-refractivity contribution in [3.63, 3.8) is 0 Å². The zero-order chi connectivity index (χ0) is 21.1. The largest absolute Gasteiger partial charge is 0.481 e. The standard InChI is InChI=1S/C22H25N5O3/c1-14-8-17(16-5-6-19(30-2)23-11-16)9-18-20(14)25-13-26-21(18)27-7-3-4-15(12-27)10-24-22(28)29/h5-6,8-9,11,13,15,24H,3-4,7,10,12H2,1-2H3,(H,28,29). The van der Waals surface area contributed by atoms with Crippen molar-refractivity contribution in [3.8, 4) is 17.0 Å². The van der Waals surface area contributed by atoms with Gasteiger partial charge in [-0.15, -0.1) is 0 Å². The highest BCUT2D eigenvalue weighted by Crippen LogP contribution is 2.33. The highest BCUT2D eigenvalue weighted by atomic mass is 16.5. The van der Waals surface area contributed by atoms with Gasteiger partial charge in [0.25, 0.3) is 0 Å². The van der Waals surface area contributed by atoms with Gasteiger partial charge in [0.15, 0.2) is 0 Å². The van der Waals surface area contributed by atoms with Crippen LogP contribution in [0.15, 0.2) is 36.8 Å². The first-order chi connectivity index (χ1) is 14.5. The van der Waals surface area contributed by atoms with Crippen LogP contribution in [0.2, 0.25) is 0 Å². The summed E-state index contributed by atoms with van der Waals surface area (Å²) < 4.78 is 5.16. The van der Waals surface area contributed by atoms with Crippen molar-refractivity contribution >= 4 is 22.8 Å². The predicted molar refractivity (Wildman–Crippen MR) is 115 cm³/mol. The summed E-state index contributed by atoms with van der Waals surface area (Å²) in [6.07, 6.45) is 4.43.